The molecule has 4 atom stereocenters. The van der Waals surface area contributed by atoms with E-state index in [9.17, 15) is 19.3 Å². The average Bonchev–Trinajstić information content (AvgIpc) is 3.24. The number of esters is 1. The van der Waals surface area contributed by atoms with E-state index in [0.717, 1.165) is 25.7 Å². The zero-order chi connectivity index (χ0) is 27.4. The van der Waals surface area contributed by atoms with Crippen molar-refractivity contribution < 1.29 is 28.7 Å². The van der Waals surface area contributed by atoms with Gasteiger partial charge in [-0.15, -0.1) is 0 Å². The molecule has 210 valence electrons. The molecular formula is C22H40N7O7P. The van der Waals surface area contributed by atoms with Crippen LogP contribution >= 0.6 is 7.44 Å². The molecule has 14 nitrogen and oxygen atoms in total. The first-order valence-electron chi connectivity index (χ1n) is 12.5. The van der Waals surface area contributed by atoms with E-state index in [1.54, 1.807) is 18.4 Å². The Labute approximate surface area is 216 Å². The first-order chi connectivity index (χ1) is 17.6. The van der Waals surface area contributed by atoms with Gasteiger partial charge >= 0.3 is 5.97 Å². The van der Waals surface area contributed by atoms with E-state index in [-0.39, 0.29) is 37.6 Å². The number of fused-ring (bicyclic) bond motifs is 1. The number of aliphatic hydroxyl groups excluding tert-OH is 1. The summed E-state index contributed by atoms with van der Waals surface area (Å²) in [4.78, 5) is 34.8. The number of imidazole rings is 1. The molecule has 0 aliphatic heterocycles. The van der Waals surface area contributed by atoms with Gasteiger partial charge in [-0.1, -0.05) is 26.7 Å². The van der Waals surface area contributed by atoms with E-state index < -0.39 is 37.3 Å². The third-order valence-electron chi connectivity index (χ3n) is 5.37. The van der Waals surface area contributed by atoms with E-state index >= 15 is 0 Å². The number of H-pyrrole nitrogens is 1. The van der Waals surface area contributed by atoms with E-state index in [1.165, 1.54) is 6.33 Å². The number of hydrogen-bond donors (Lipinski definition) is 5. The van der Waals surface area contributed by atoms with Gasteiger partial charge in [0.25, 0.3) is 5.56 Å². The van der Waals surface area contributed by atoms with Crippen LogP contribution in [0.1, 0.15) is 53.4 Å². The summed E-state index contributed by atoms with van der Waals surface area (Å²) in [5, 5.41) is 16.0. The smallest absolute Gasteiger partial charge is 0.323 e. The fourth-order valence-corrected chi connectivity index (χ4v) is 5.42. The predicted molar refractivity (Wildman–Crippen MR) is 139 cm³/mol. The molecule has 37 heavy (non-hydrogen) atoms. The van der Waals surface area contributed by atoms with Gasteiger partial charge in [0.1, 0.15) is 12.4 Å². The molecule has 2 aromatic rings. The van der Waals surface area contributed by atoms with Crippen LogP contribution in [0.25, 0.3) is 11.2 Å². The Kier molecular flexibility index (Phi) is 12.6. The molecule has 0 fully saturated rings. The lowest BCUT2D eigenvalue weighted by atomic mass is 10.3. The molecule has 0 aliphatic rings. The molecule has 0 saturated carbocycles. The molecule has 2 aromatic heterocycles. The maximum absolute atomic E-state index is 13.8. The number of aliphatic hydroxyl groups is 1. The second kappa shape index (κ2) is 15.2. The topological polar surface area (TPSA) is 196 Å². The summed E-state index contributed by atoms with van der Waals surface area (Å²) >= 11 is 0. The Bertz CT molecular complexity index is 1090. The highest BCUT2D eigenvalue weighted by atomic mass is 31.2. The summed E-state index contributed by atoms with van der Waals surface area (Å²) in [7, 11) is -3.57. The fourth-order valence-electron chi connectivity index (χ4n) is 3.30. The minimum atomic E-state index is -3.57. The van der Waals surface area contributed by atoms with Crippen LogP contribution in [0.15, 0.2) is 11.1 Å². The van der Waals surface area contributed by atoms with Crippen LogP contribution in [0.3, 0.4) is 0 Å². The van der Waals surface area contributed by atoms with Crippen LogP contribution in [-0.2, 0) is 30.1 Å². The quantitative estimate of drug-likeness (QED) is 0.0781. The molecule has 0 amide bonds. The third-order valence-corrected chi connectivity index (χ3v) is 7.54. The molecule has 0 saturated heterocycles. The maximum Gasteiger partial charge on any atom is 0.323 e. The number of ether oxygens (including phenoxy) is 3. The van der Waals surface area contributed by atoms with E-state index in [0.29, 0.717) is 12.3 Å². The number of carbonyl (C=O) groups excluding carboxylic acids is 1. The number of nitrogens with zero attached hydrogens (tertiary/aromatic N) is 3. The minimum Gasteiger partial charge on any atom is -0.465 e. The monoisotopic (exact) mass is 545 g/mol. The Morgan fingerprint density at radius 1 is 1.22 bits per heavy atom. The second-order valence-electron chi connectivity index (χ2n) is 8.74. The molecule has 0 spiro atoms. The van der Waals surface area contributed by atoms with Crippen molar-refractivity contribution in [2.45, 2.75) is 78.3 Å². The van der Waals surface area contributed by atoms with Gasteiger partial charge in [0.2, 0.25) is 13.4 Å². The zero-order valence-electron chi connectivity index (χ0n) is 21.9. The third kappa shape index (κ3) is 9.80. The van der Waals surface area contributed by atoms with Gasteiger partial charge < -0.3 is 29.6 Å². The summed E-state index contributed by atoms with van der Waals surface area (Å²) in [5.74, 6) is -0.576. The largest absolute Gasteiger partial charge is 0.465 e. The molecule has 2 heterocycles. The number of nitrogens with two attached hydrogens (primary N) is 1. The highest BCUT2D eigenvalue weighted by Gasteiger charge is 2.32. The second-order valence-corrected chi connectivity index (χ2v) is 11.0. The predicted octanol–water partition coefficient (Wildman–Crippen LogP) is 1.30. The number of nitrogens with one attached hydrogen (secondary N) is 3. The Morgan fingerprint density at radius 3 is 2.62 bits per heavy atom. The van der Waals surface area contributed by atoms with Crippen molar-refractivity contribution in [1.29, 1.82) is 0 Å². The normalized spacial score (nSPS) is 15.8. The van der Waals surface area contributed by atoms with Crippen molar-refractivity contribution >= 4 is 30.5 Å². The molecule has 0 radical (unpaired) electrons. The molecule has 6 N–H and O–H groups in total. The van der Waals surface area contributed by atoms with Crippen LogP contribution in [-0.4, -0.2) is 75.1 Å². The summed E-state index contributed by atoms with van der Waals surface area (Å²) in [6.45, 7) is 8.13. The number of unbranched alkanes of at least 4 members (excludes halogenated alkanes) is 2. The number of rotatable bonds is 18. The summed E-state index contributed by atoms with van der Waals surface area (Å²) in [5.41, 5.74) is 5.61. The highest BCUT2D eigenvalue weighted by molar-refractivity contribution is 7.59. The van der Waals surface area contributed by atoms with Crippen molar-refractivity contribution in [3.8, 4) is 0 Å². The van der Waals surface area contributed by atoms with E-state index in [1.807, 2.05) is 13.8 Å². The molecular weight excluding hydrogens is 505 g/mol. The number of aromatic amines is 1. The van der Waals surface area contributed by atoms with Crippen molar-refractivity contribution in [2.75, 3.05) is 31.9 Å². The van der Waals surface area contributed by atoms with Gasteiger partial charge in [0, 0.05) is 13.2 Å². The van der Waals surface area contributed by atoms with Crippen LogP contribution in [0.2, 0.25) is 0 Å². The first kappa shape index (κ1) is 30.9. The van der Waals surface area contributed by atoms with Crippen LogP contribution < -0.4 is 21.5 Å². The Morgan fingerprint density at radius 2 is 1.92 bits per heavy atom. The van der Waals surface area contributed by atoms with Crippen LogP contribution in [0.4, 0.5) is 5.95 Å². The molecule has 0 aliphatic carbocycles. The molecule has 2 unspecified atom stereocenters. The number of hydrogen-bond acceptors (Lipinski definition) is 10. The number of anilines is 1. The number of aromatic nitrogens is 4. The van der Waals surface area contributed by atoms with Gasteiger partial charge in [-0.25, -0.2) is 15.2 Å². The highest BCUT2D eigenvalue weighted by Crippen LogP contribution is 2.38. The van der Waals surface area contributed by atoms with E-state index in [2.05, 4.69) is 25.1 Å². The molecule has 15 heteroatoms. The lowest BCUT2D eigenvalue weighted by molar-refractivity contribution is -0.145. The van der Waals surface area contributed by atoms with Gasteiger partial charge in [-0.2, -0.15) is 4.98 Å². The molecule has 0 bridgehead atoms. The molecule has 0 aromatic carbocycles. The van der Waals surface area contributed by atoms with E-state index in [4.69, 9.17) is 19.9 Å². The van der Waals surface area contributed by atoms with Crippen molar-refractivity contribution in [3.63, 3.8) is 0 Å². The van der Waals surface area contributed by atoms with Crippen LogP contribution in [0.5, 0.6) is 0 Å². The summed E-state index contributed by atoms with van der Waals surface area (Å²) in [6, 6.07) is -1.61. The fraction of sp³-hybridized carbons (Fsp3) is 0.727. The number of carbonyl (C=O) groups is 1. The molecule has 2 rings (SSSR count). The van der Waals surface area contributed by atoms with Crippen molar-refractivity contribution in [2.24, 2.45) is 0 Å². The van der Waals surface area contributed by atoms with Crippen molar-refractivity contribution in [1.82, 2.24) is 29.7 Å². The van der Waals surface area contributed by atoms with Gasteiger partial charge in [0.05, 0.1) is 25.6 Å². The zero-order valence-corrected chi connectivity index (χ0v) is 22.8. The van der Waals surface area contributed by atoms with Crippen molar-refractivity contribution in [3.05, 3.63) is 16.7 Å². The summed E-state index contributed by atoms with van der Waals surface area (Å²) < 4.78 is 31.6. The van der Waals surface area contributed by atoms with Crippen LogP contribution in [0, 0.1) is 0 Å². The lowest BCUT2D eigenvalue weighted by Gasteiger charge is -2.29. The first-order valence-corrected chi connectivity index (χ1v) is 14.4. The average molecular weight is 546 g/mol. The summed E-state index contributed by atoms with van der Waals surface area (Å²) in [6.07, 6.45) is 3.22. The van der Waals surface area contributed by atoms with Gasteiger partial charge in [-0.05, 0) is 26.7 Å². The minimum absolute atomic E-state index is 0.0356. The van der Waals surface area contributed by atoms with Gasteiger partial charge in [0.15, 0.2) is 17.5 Å². The van der Waals surface area contributed by atoms with Gasteiger partial charge in [-0.3, -0.25) is 19.1 Å². The number of nitrogen functional groups attached to an aromatic ring is 1. The Hall–Kier alpha value is -2.35. The lowest BCUT2D eigenvalue weighted by Crippen LogP contribution is -2.44. The maximum atomic E-state index is 13.8. The Balaban J connectivity index is 2.03. The SMILES string of the molecule is CCCCOC(=O)[C@H](C)NP(=O)(COCCn1cnc2c(=O)[nH]c(N)nc21)N[C@@H](C)C(O)OCCCC. The standard InChI is InChI=1S/C22H40N7O7P/c1-5-7-10-35-20(31)15(3)27-37(33,28-16(4)21(32)36-11-8-6-2)14-34-12-9-29-13-24-17-18(29)25-22(23)26-19(17)30/h13,15-16,20,31H,5-12,14H2,1-4H3,(H2,27,28,33)(H3,23,25,26,30)/t15-,16-,20?,37?/m0/s1.